The zero-order chi connectivity index (χ0) is 22.1. The molecule has 0 atom stereocenters. The maximum atomic E-state index is 13.9. The summed E-state index contributed by atoms with van der Waals surface area (Å²) in [4.78, 5) is 29.1. The van der Waals surface area contributed by atoms with Gasteiger partial charge in [0.2, 0.25) is 0 Å². The number of ether oxygens (including phenoxy) is 1. The number of aryl methyl sites for hydroxylation is 1. The molecule has 1 N–H and O–H groups in total. The topological polar surface area (TPSA) is 107 Å². The minimum Gasteiger partial charge on any atom is -0.463 e. The van der Waals surface area contributed by atoms with Crippen molar-refractivity contribution >= 4 is 44.6 Å². The maximum Gasteiger partial charge on any atom is 0.339 e. The van der Waals surface area contributed by atoms with Gasteiger partial charge in [-0.1, -0.05) is 5.16 Å². The fourth-order valence-corrected chi connectivity index (χ4v) is 3.36. The van der Waals surface area contributed by atoms with E-state index in [-0.39, 0.29) is 21.4 Å². The van der Waals surface area contributed by atoms with E-state index in [4.69, 9.17) is 13.7 Å². The molecule has 11 heteroatoms. The number of benzene rings is 1. The Morgan fingerprint density at radius 3 is 2.77 bits per heavy atom. The Balaban J connectivity index is 1.55. The molecule has 0 saturated heterocycles. The third kappa shape index (κ3) is 4.17. The first-order valence-electron chi connectivity index (χ1n) is 8.76. The van der Waals surface area contributed by atoms with Crippen LogP contribution in [-0.4, -0.2) is 28.6 Å². The number of aromatic nitrogens is 2. The number of pyridine rings is 1. The summed E-state index contributed by atoms with van der Waals surface area (Å²) < 4.78 is 42.6. The smallest absolute Gasteiger partial charge is 0.339 e. The standard InChI is InChI=1S/C20H12BrF2N3O5/c1-9-17-11(7-14(15-3-2-4-29-15)24-19(17)31-26-9)20(28)30-8-16(27)25-18-12(21)5-10(22)6-13(18)23/h2-7H,8H2,1H3,(H,25,27). The van der Waals surface area contributed by atoms with Gasteiger partial charge in [-0.15, -0.1) is 0 Å². The van der Waals surface area contributed by atoms with Crippen LogP contribution in [0.15, 0.2) is 50.0 Å². The Labute approximate surface area is 181 Å². The summed E-state index contributed by atoms with van der Waals surface area (Å²) in [6, 6.07) is 6.34. The van der Waals surface area contributed by atoms with Crippen molar-refractivity contribution in [1.82, 2.24) is 10.1 Å². The number of anilines is 1. The van der Waals surface area contributed by atoms with E-state index in [1.165, 1.54) is 12.3 Å². The van der Waals surface area contributed by atoms with Crippen LogP contribution in [0.5, 0.6) is 0 Å². The molecule has 3 heterocycles. The molecule has 0 aliphatic rings. The number of fused-ring (bicyclic) bond motifs is 1. The highest BCUT2D eigenvalue weighted by molar-refractivity contribution is 9.10. The van der Waals surface area contributed by atoms with Crippen molar-refractivity contribution < 1.29 is 32.0 Å². The second kappa shape index (κ2) is 8.26. The quantitative estimate of drug-likeness (QED) is 0.405. The third-order valence-electron chi connectivity index (χ3n) is 4.22. The van der Waals surface area contributed by atoms with Crippen LogP contribution in [0.4, 0.5) is 14.5 Å². The van der Waals surface area contributed by atoms with E-state index >= 15 is 0 Å². The average molecular weight is 492 g/mol. The minimum absolute atomic E-state index is 0.00343. The molecule has 1 aromatic carbocycles. The second-order valence-corrected chi connectivity index (χ2v) is 7.20. The fourth-order valence-electron chi connectivity index (χ4n) is 2.85. The SMILES string of the molecule is Cc1noc2nc(-c3ccco3)cc(C(=O)OCC(=O)Nc3c(F)cc(F)cc3Br)c12. The van der Waals surface area contributed by atoms with Gasteiger partial charge < -0.3 is 19.0 Å². The van der Waals surface area contributed by atoms with E-state index in [1.807, 2.05) is 0 Å². The maximum absolute atomic E-state index is 13.9. The average Bonchev–Trinajstić information content (AvgIpc) is 3.38. The number of carbonyl (C=O) groups is 2. The van der Waals surface area contributed by atoms with Crippen molar-refractivity contribution in [3.63, 3.8) is 0 Å². The fraction of sp³-hybridized carbons (Fsp3) is 0.100. The van der Waals surface area contributed by atoms with Gasteiger partial charge in [-0.25, -0.2) is 18.6 Å². The predicted octanol–water partition coefficient (Wildman–Crippen LogP) is 4.63. The van der Waals surface area contributed by atoms with Crippen molar-refractivity contribution in [2.24, 2.45) is 0 Å². The first kappa shape index (κ1) is 20.7. The lowest BCUT2D eigenvalue weighted by molar-refractivity contribution is -0.119. The lowest BCUT2D eigenvalue weighted by Crippen LogP contribution is -2.22. The molecule has 0 aliphatic carbocycles. The normalized spacial score (nSPS) is 11.0. The molecule has 8 nitrogen and oxygen atoms in total. The first-order valence-corrected chi connectivity index (χ1v) is 9.55. The molecule has 0 radical (unpaired) electrons. The van der Waals surface area contributed by atoms with E-state index in [1.54, 1.807) is 19.1 Å². The number of rotatable bonds is 5. The molecule has 31 heavy (non-hydrogen) atoms. The van der Waals surface area contributed by atoms with Gasteiger partial charge in [0.25, 0.3) is 11.6 Å². The molecule has 158 valence electrons. The van der Waals surface area contributed by atoms with Gasteiger partial charge in [-0.05, 0) is 47.1 Å². The zero-order valence-corrected chi connectivity index (χ0v) is 17.3. The van der Waals surface area contributed by atoms with Gasteiger partial charge >= 0.3 is 5.97 Å². The van der Waals surface area contributed by atoms with Gasteiger partial charge in [0, 0.05) is 10.5 Å². The first-order chi connectivity index (χ1) is 14.8. The molecule has 1 amide bonds. The summed E-state index contributed by atoms with van der Waals surface area (Å²) in [6.07, 6.45) is 1.45. The van der Waals surface area contributed by atoms with Crippen LogP contribution in [0.2, 0.25) is 0 Å². The van der Waals surface area contributed by atoms with Crippen molar-refractivity contribution in [2.45, 2.75) is 6.92 Å². The largest absolute Gasteiger partial charge is 0.463 e. The van der Waals surface area contributed by atoms with Crippen LogP contribution in [0.1, 0.15) is 16.1 Å². The molecule has 0 spiro atoms. The number of amides is 1. The summed E-state index contributed by atoms with van der Waals surface area (Å²) in [5, 5.41) is 6.36. The van der Waals surface area contributed by atoms with Crippen LogP contribution in [0.3, 0.4) is 0 Å². The molecule has 0 fully saturated rings. The number of halogens is 3. The van der Waals surface area contributed by atoms with Crippen LogP contribution >= 0.6 is 15.9 Å². The summed E-state index contributed by atoms with van der Waals surface area (Å²) in [7, 11) is 0. The van der Waals surface area contributed by atoms with E-state index in [0.29, 0.717) is 28.6 Å². The van der Waals surface area contributed by atoms with Gasteiger partial charge in [0.05, 0.1) is 28.6 Å². The summed E-state index contributed by atoms with van der Waals surface area (Å²) in [5.74, 6) is -3.07. The number of hydrogen-bond donors (Lipinski definition) is 1. The van der Waals surface area contributed by atoms with Crippen molar-refractivity contribution in [3.05, 3.63) is 64.0 Å². The molecule has 0 aliphatic heterocycles. The van der Waals surface area contributed by atoms with Crippen LogP contribution in [0, 0.1) is 18.6 Å². The highest BCUT2D eigenvalue weighted by Gasteiger charge is 2.22. The number of hydrogen-bond acceptors (Lipinski definition) is 7. The Morgan fingerprint density at radius 1 is 1.26 bits per heavy atom. The molecular weight excluding hydrogens is 480 g/mol. The Morgan fingerprint density at radius 2 is 2.06 bits per heavy atom. The third-order valence-corrected chi connectivity index (χ3v) is 4.84. The number of nitrogens with one attached hydrogen (secondary N) is 1. The monoisotopic (exact) mass is 491 g/mol. The molecule has 3 aromatic heterocycles. The predicted molar refractivity (Wildman–Crippen MR) is 107 cm³/mol. The Kier molecular flexibility index (Phi) is 5.51. The van der Waals surface area contributed by atoms with E-state index in [2.05, 4.69) is 31.4 Å². The van der Waals surface area contributed by atoms with Crippen molar-refractivity contribution in [3.8, 4) is 11.5 Å². The number of carbonyl (C=O) groups excluding carboxylic acids is 2. The van der Waals surface area contributed by atoms with Crippen molar-refractivity contribution in [2.75, 3.05) is 11.9 Å². The summed E-state index contributed by atoms with van der Waals surface area (Å²) in [6.45, 7) is 0.907. The summed E-state index contributed by atoms with van der Waals surface area (Å²) in [5.41, 5.74) is 0.602. The van der Waals surface area contributed by atoms with Crippen LogP contribution in [-0.2, 0) is 9.53 Å². The molecule has 0 bridgehead atoms. The van der Waals surface area contributed by atoms with Crippen LogP contribution < -0.4 is 5.32 Å². The highest BCUT2D eigenvalue weighted by Crippen LogP contribution is 2.28. The summed E-state index contributed by atoms with van der Waals surface area (Å²) >= 11 is 2.97. The van der Waals surface area contributed by atoms with Crippen LogP contribution in [0.25, 0.3) is 22.6 Å². The minimum atomic E-state index is -0.981. The molecule has 4 aromatic rings. The van der Waals surface area contributed by atoms with E-state index < -0.39 is 30.1 Å². The molecule has 4 rings (SSSR count). The Hall–Kier alpha value is -3.60. The lowest BCUT2D eigenvalue weighted by Gasteiger charge is -2.10. The number of nitrogens with zero attached hydrogens (tertiary/aromatic N) is 2. The van der Waals surface area contributed by atoms with E-state index in [0.717, 1.165) is 6.07 Å². The zero-order valence-electron chi connectivity index (χ0n) is 15.7. The number of furan rings is 1. The second-order valence-electron chi connectivity index (χ2n) is 6.35. The lowest BCUT2D eigenvalue weighted by atomic mass is 10.1. The van der Waals surface area contributed by atoms with Gasteiger partial charge in [-0.2, -0.15) is 0 Å². The van der Waals surface area contributed by atoms with Gasteiger partial charge in [0.15, 0.2) is 18.2 Å². The Bertz CT molecular complexity index is 1280. The van der Waals surface area contributed by atoms with E-state index in [9.17, 15) is 18.4 Å². The van der Waals surface area contributed by atoms with Crippen molar-refractivity contribution in [1.29, 1.82) is 0 Å². The van der Waals surface area contributed by atoms with Gasteiger partial charge in [0.1, 0.15) is 11.5 Å². The molecular formula is C20H12BrF2N3O5. The molecule has 0 unspecified atom stereocenters. The van der Waals surface area contributed by atoms with Gasteiger partial charge in [-0.3, -0.25) is 4.79 Å². The molecule has 0 saturated carbocycles. The number of esters is 1. The highest BCUT2D eigenvalue weighted by atomic mass is 79.9.